The summed E-state index contributed by atoms with van der Waals surface area (Å²) in [7, 11) is 0. The van der Waals surface area contributed by atoms with Crippen LogP contribution in [0.3, 0.4) is 0 Å². The molecule has 0 unspecified atom stereocenters. The van der Waals surface area contributed by atoms with E-state index in [1.54, 1.807) is 23.4 Å². The number of urea groups is 1. The second kappa shape index (κ2) is 4.87. The number of rotatable bonds is 1. The summed E-state index contributed by atoms with van der Waals surface area (Å²) in [5.41, 5.74) is 3.60. The predicted octanol–water partition coefficient (Wildman–Crippen LogP) is 2.62. The summed E-state index contributed by atoms with van der Waals surface area (Å²) in [5, 5.41) is 10.1. The first-order chi connectivity index (χ1) is 10.7. The van der Waals surface area contributed by atoms with Crippen molar-refractivity contribution in [3.8, 4) is 0 Å². The highest BCUT2D eigenvalue weighted by atomic mass is 19.1. The fraction of sp³-hybridized carbons (Fsp3) is 0.200. The number of H-pyrrole nitrogens is 2. The Morgan fingerprint density at radius 2 is 2.32 bits per heavy atom. The number of benzene rings is 1. The van der Waals surface area contributed by atoms with Crippen molar-refractivity contribution < 1.29 is 9.18 Å². The van der Waals surface area contributed by atoms with E-state index in [1.807, 2.05) is 0 Å². The number of carbonyl (C=O) groups excluding carboxylic acids is 1. The van der Waals surface area contributed by atoms with Gasteiger partial charge in [-0.1, -0.05) is 0 Å². The lowest BCUT2D eigenvalue weighted by Gasteiger charge is -2.27. The van der Waals surface area contributed by atoms with Gasteiger partial charge >= 0.3 is 6.03 Å². The molecule has 112 valence electrons. The van der Waals surface area contributed by atoms with Crippen LogP contribution in [0.5, 0.6) is 0 Å². The molecule has 4 rings (SSSR count). The molecule has 0 bridgehead atoms. The van der Waals surface area contributed by atoms with Crippen LogP contribution in [-0.2, 0) is 13.0 Å². The van der Waals surface area contributed by atoms with Gasteiger partial charge in [0, 0.05) is 47.9 Å². The third-order valence-corrected chi connectivity index (χ3v) is 3.97. The number of hydrogen-bond donors (Lipinski definition) is 3. The quantitative estimate of drug-likeness (QED) is 0.646. The fourth-order valence-electron chi connectivity index (χ4n) is 2.88. The summed E-state index contributed by atoms with van der Waals surface area (Å²) in [6, 6.07) is 4.51. The zero-order valence-corrected chi connectivity index (χ0v) is 11.7. The van der Waals surface area contributed by atoms with Crippen LogP contribution in [0.1, 0.15) is 11.3 Å². The van der Waals surface area contributed by atoms with E-state index in [4.69, 9.17) is 0 Å². The summed E-state index contributed by atoms with van der Waals surface area (Å²) in [5.74, 6) is -0.269. The highest BCUT2D eigenvalue weighted by molar-refractivity contribution is 5.90. The maximum Gasteiger partial charge on any atom is 0.322 e. The van der Waals surface area contributed by atoms with Gasteiger partial charge in [0.15, 0.2) is 0 Å². The van der Waals surface area contributed by atoms with E-state index in [0.717, 1.165) is 28.6 Å². The molecule has 0 saturated carbocycles. The largest absolute Gasteiger partial charge is 0.358 e. The van der Waals surface area contributed by atoms with Gasteiger partial charge in [-0.05, 0) is 18.2 Å². The van der Waals surface area contributed by atoms with E-state index in [-0.39, 0.29) is 11.8 Å². The zero-order valence-electron chi connectivity index (χ0n) is 11.7. The van der Waals surface area contributed by atoms with Crippen LogP contribution in [0.2, 0.25) is 0 Å². The van der Waals surface area contributed by atoms with Gasteiger partial charge in [-0.2, -0.15) is 5.10 Å². The molecule has 0 fully saturated rings. The van der Waals surface area contributed by atoms with Crippen molar-refractivity contribution in [3.63, 3.8) is 0 Å². The Labute approximate surface area is 125 Å². The summed E-state index contributed by atoms with van der Waals surface area (Å²) in [6.45, 7) is 1.08. The van der Waals surface area contributed by atoms with Gasteiger partial charge in [0.1, 0.15) is 5.82 Å². The Morgan fingerprint density at radius 1 is 1.41 bits per heavy atom. The smallest absolute Gasteiger partial charge is 0.322 e. The number of aromatic nitrogens is 3. The van der Waals surface area contributed by atoms with Crippen molar-refractivity contribution in [1.29, 1.82) is 0 Å². The number of amides is 2. The molecule has 2 amide bonds. The molecule has 2 aromatic heterocycles. The molecule has 6 nitrogen and oxygen atoms in total. The molecule has 0 saturated heterocycles. The third kappa shape index (κ3) is 2.11. The molecule has 1 aromatic carbocycles. The molecule has 7 heteroatoms. The lowest BCUT2D eigenvalue weighted by Crippen LogP contribution is -2.38. The normalized spacial score (nSPS) is 14.1. The van der Waals surface area contributed by atoms with Crippen LogP contribution in [0, 0.1) is 5.82 Å². The number of fused-ring (bicyclic) bond motifs is 3. The number of halogens is 1. The highest BCUT2D eigenvalue weighted by Crippen LogP contribution is 2.28. The number of nitrogens with one attached hydrogen (secondary N) is 3. The molecule has 0 spiro atoms. The number of nitrogens with zero attached hydrogens (tertiary/aromatic N) is 2. The summed E-state index contributed by atoms with van der Waals surface area (Å²) >= 11 is 0. The van der Waals surface area contributed by atoms with Crippen LogP contribution in [-0.4, -0.2) is 32.7 Å². The van der Waals surface area contributed by atoms with Crippen molar-refractivity contribution in [3.05, 3.63) is 47.7 Å². The Bertz CT molecular complexity index is 839. The minimum atomic E-state index is -0.269. The first-order valence-corrected chi connectivity index (χ1v) is 7.04. The van der Waals surface area contributed by atoms with E-state index < -0.39 is 0 Å². The molecule has 22 heavy (non-hydrogen) atoms. The highest BCUT2D eigenvalue weighted by Gasteiger charge is 2.24. The van der Waals surface area contributed by atoms with E-state index in [2.05, 4.69) is 20.5 Å². The molecule has 3 heterocycles. The van der Waals surface area contributed by atoms with E-state index >= 15 is 0 Å². The average Bonchev–Trinajstić information content (AvgIpc) is 3.14. The van der Waals surface area contributed by atoms with E-state index in [0.29, 0.717) is 18.8 Å². The molecule has 3 N–H and O–H groups in total. The van der Waals surface area contributed by atoms with Crippen molar-refractivity contribution >= 4 is 22.6 Å². The van der Waals surface area contributed by atoms with Gasteiger partial charge in [0.05, 0.1) is 11.9 Å². The molecule has 0 atom stereocenters. The van der Waals surface area contributed by atoms with Gasteiger partial charge < -0.3 is 15.2 Å². The fourth-order valence-corrected chi connectivity index (χ4v) is 2.88. The summed E-state index contributed by atoms with van der Waals surface area (Å²) in [4.78, 5) is 17.3. The van der Waals surface area contributed by atoms with Gasteiger partial charge in [0.2, 0.25) is 0 Å². The van der Waals surface area contributed by atoms with Crippen molar-refractivity contribution in [2.45, 2.75) is 13.0 Å². The molecule has 3 aromatic rings. The van der Waals surface area contributed by atoms with Crippen molar-refractivity contribution in [2.24, 2.45) is 0 Å². The number of hydrogen-bond acceptors (Lipinski definition) is 2. The van der Waals surface area contributed by atoms with Gasteiger partial charge in [0.25, 0.3) is 0 Å². The standard InChI is InChI=1S/C15H14FN5O/c16-9-1-2-13-11(5-9)12-8-21(4-3-14(12)20-13)15(22)19-10-6-17-18-7-10/h1-2,5-7,20H,3-4,8H2,(H,17,18)(H,19,22). The molecular formula is C15H14FN5O. The monoisotopic (exact) mass is 299 g/mol. The number of carbonyl (C=O) groups is 1. The zero-order chi connectivity index (χ0) is 15.1. The van der Waals surface area contributed by atoms with Crippen molar-refractivity contribution in [1.82, 2.24) is 20.1 Å². The van der Waals surface area contributed by atoms with E-state index in [1.165, 1.54) is 12.1 Å². The second-order valence-corrected chi connectivity index (χ2v) is 5.36. The molecule has 1 aliphatic rings. The topological polar surface area (TPSA) is 76.8 Å². The summed E-state index contributed by atoms with van der Waals surface area (Å²) in [6.07, 6.45) is 3.90. The lowest BCUT2D eigenvalue weighted by molar-refractivity contribution is 0.206. The first-order valence-electron chi connectivity index (χ1n) is 7.04. The van der Waals surface area contributed by atoms with Crippen LogP contribution < -0.4 is 5.32 Å². The second-order valence-electron chi connectivity index (χ2n) is 5.36. The molecule has 1 aliphatic heterocycles. The van der Waals surface area contributed by atoms with Crippen LogP contribution in [0.15, 0.2) is 30.6 Å². The maximum atomic E-state index is 13.5. The van der Waals surface area contributed by atoms with E-state index in [9.17, 15) is 9.18 Å². The lowest BCUT2D eigenvalue weighted by atomic mass is 10.0. The van der Waals surface area contributed by atoms with Gasteiger partial charge in [-0.3, -0.25) is 5.10 Å². The van der Waals surface area contributed by atoms with Gasteiger partial charge in [-0.15, -0.1) is 0 Å². The summed E-state index contributed by atoms with van der Waals surface area (Å²) < 4.78 is 13.5. The van der Waals surface area contributed by atoms with Crippen molar-refractivity contribution in [2.75, 3.05) is 11.9 Å². The third-order valence-electron chi connectivity index (χ3n) is 3.97. The Balaban J connectivity index is 1.61. The molecular weight excluding hydrogens is 285 g/mol. The predicted molar refractivity (Wildman–Crippen MR) is 80.0 cm³/mol. The maximum absolute atomic E-state index is 13.5. The average molecular weight is 299 g/mol. The minimum absolute atomic E-state index is 0.183. The molecule has 0 aliphatic carbocycles. The Morgan fingerprint density at radius 3 is 3.14 bits per heavy atom. The van der Waals surface area contributed by atoms with Crippen LogP contribution >= 0.6 is 0 Å². The number of anilines is 1. The first kappa shape index (κ1) is 12.9. The Kier molecular flexibility index (Phi) is 2.85. The molecule has 0 radical (unpaired) electrons. The number of aromatic amines is 2. The SMILES string of the molecule is O=C(Nc1cn[nH]c1)N1CCc2[nH]c3ccc(F)cc3c2C1. The Hall–Kier alpha value is -2.83. The van der Waals surface area contributed by atoms with Crippen LogP contribution in [0.25, 0.3) is 10.9 Å². The van der Waals surface area contributed by atoms with Crippen LogP contribution in [0.4, 0.5) is 14.9 Å². The van der Waals surface area contributed by atoms with Gasteiger partial charge in [-0.25, -0.2) is 9.18 Å². The minimum Gasteiger partial charge on any atom is -0.358 e.